The van der Waals surface area contributed by atoms with Crippen molar-refractivity contribution in [2.24, 2.45) is 12.8 Å². The standard InChI is InChI=1S/C9H17N3/c1-4-8-7(6-10)9(5-2)12(3)11-8/h4-6,10H2,1-3H3. The number of aromatic nitrogens is 2. The average Bonchev–Trinajstić information content (AvgIpc) is 2.40. The first kappa shape index (κ1) is 9.26. The molecule has 0 aliphatic heterocycles. The van der Waals surface area contributed by atoms with Gasteiger partial charge in [-0.15, -0.1) is 0 Å². The lowest BCUT2D eigenvalue weighted by atomic mass is 10.1. The van der Waals surface area contributed by atoms with Crippen LogP contribution in [0.3, 0.4) is 0 Å². The Balaban J connectivity index is 3.16. The van der Waals surface area contributed by atoms with Gasteiger partial charge >= 0.3 is 0 Å². The first-order valence-corrected chi connectivity index (χ1v) is 4.48. The third-order valence-corrected chi connectivity index (χ3v) is 2.23. The fraction of sp³-hybridized carbons (Fsp3) is 0.667. The Labute approximate surface area is 73.6 Å². The van der Waals surface area contributed by atoms with Gasteiger partial charge in [0.1, 0.15) is 0 Å². The minimum absolute atomic E-state index is 0.611. The zero-order valence-electron chi connectivity index (χ0n) is 8.09. The molecule has 0 aliphatic carbocycles. The smallest absolute Gasteiger partial charge is 0.0669 e. The third kappa shape index (κ3) is 1.37. The second-order valence-corrected chi connectivity index (χ2v) is 2.91. The molecule has 0 fully saturated rings. The van der Waals surface area contributed by atoms with E-state index in [9.17, 15) is 0 Å². The summed E-state index contributed by atoms with van der Waals surface area (Å²) in [5, 5.41) is 4.41. The molecular weight excluding hydrogens is 150 g/mol. The van der Waals surface area contributed by atoms with Crippen LogP contribution in [0.2, 0.25) is 0 Å². The molecule has 1 aromatic rings. The minimum atomic E-state index is 0.611. The summed E-state index contributed by atoms with van der Waals surface area (Å²) >= 11 is 0. The Kier molecular flexibility index (Phi) is 2.87. The van der Waals surface area contributed by atoms with E-state index in [0.717, 1.165) is 18.5 Å². The van der Waals surface area contributed by atoms with E-state index in [0.29, 0.717) is 6.54 Å². The first-order chi connectivity index (χ1) is 5.74. The van der Waals surface area contributed by atoms with E-state index in [-0.39, 0.29) is 0 Å². The molecule has 0 unspecified atom stereocenters. The molecule has 0 saturated heterocycles. The zero-order chi connectivity index (χ0) is 9.14. The molecule has 0 aromatic carbocycles. The van der Waals surface area contributed by atoms with Crippen LogP contribution in [0, 0.1) is 0 Å². The molecule has 68 valence electrons. The number of hydrogen-bond acceptors (Lipinski definition) is 2. The summed E-state index contributed by atoms with van der Waals surface area (Å²) in [6, 6.07) is 0. The summed E-state index contributed by atoms with van der Waals surface area (Å²) in [7, 11) is 1.98. The van der Waals surface area contributed by atoms with E-state index in [2.05, 4.69) is 18.9 Å². The van der Waals surface area contributed by atoms with Crippen molar-refractivity contribution >= 4 is 0 Å². The Morgan fingerprint density at radius 1 is 1.33 bits per heavy atom. The maximum atomic E-state index is 5.66. The SMILES string of the molecule is CCc1nn(C)c(CC)c1CN. The number of aryl methyl sites for hydroxylation is 2. The van der Waals surface area contributed by atoms with Crippen LogP contribution in [-0.2, 0) is 26.4 Å². The van der Waals surface area contributed by atoms with Gasteiger partial charge in [0.25, 0.3) is 0 Å². The molecule has 0 bridgehead atoms. The van der Waals surface area contributed by atoms with Crippen molar-refractivity contribution in [1.29, 1.82) is 0 Å². The monoisotopic (exact) mass is 167 g/mol. The molecule has 2 N–H and O–H groups in total. The molecule has 1 heterocycles. The normalized spacial score (nSPS) is 10.7. The van der Waals surface area contributed by atoms with Crippen molar-refractivity contribution in [3.63, 3.8) is 0 Å². The summed E-state index contributed by atoms with van der Waals surface area (Å²) in [5.41, 5.74) is 9.32. The lowest BCUT2D eigenvalue weighted by molar-refractivity contribution is 0.703. The molecule has 0 spiro atoms. The molecule has 0 amide bonds. The summed E-state index contributed by atoms with van der Waals surface area (Å²) in [6.45, 7) is 4.86. The topological polar surface area (TPSA) is 43.8 Å². The predicted molar refractivity (Wildman–Crippen MR) is 49.9 cm³/mol. The van der Waals surface area contributed by atoms with Gasteiger partial charge in [-0.1, -0.05) is 13.8 Å². The van der Waals surface area contributed by atoms with Crippen molar-refractivity contribution in [3.05, 3.63) is 17.0 Å². The lowest BCUT2D eigenvalue weighted by Crippen LogP contribution is -2.03. The fourth-order valence-corrected chi connectivity index (χ4v) is 1.63. The van der Waals surface area contributed by atoms with Crippen LogP contribution in [-0.4, -0.2) is 9.78 Å². The van der Waals surface area contributed by atoms with Gasteiger partial charge in [0.15, 0.2) is 0 Å². The van der Waals surface area contributed by atoms with Crippen LogP contribution in [0.5, 0.6) is 0 Å². The Morgan fingerprint density at radius 3 is 2.42 bits per heavy atom. The van der Waals surface area contributed by atoms with E-state index in [1.54, 1.807) is 0 Å². The second kappa shape index (κ2) is 3.72. The predicted octanol–water partition coefficient (Wildman–Crippen LogP) is 1.00. The highest BCUT2D eigenvalue weighted by Gasteiger charge is 2.10. The molecule has 0 atom stereocenters. The Morgan fingerprint density at radius 2 is 2.00 bits per heavy atom. The van der Waals surface area contributed by atoms with Crippen LogP contribution in [0.4, 0.5) is 0 Å². The number of nitrogens with two attached hydrogens (primary N) is 1. The summed E-state index contributed by atoms with van der Waals surface area (Å²) in [6.07, 6.45) is 1.98. The fourth-order valence-electron chi connectivity index (χ4n) is 1.63. The highest BCUT2D eigenvalue weighted by Crippen LogP contribution is 2.13. The maximum absolute atomic E-state index is 5.66. The van der Waals surface area contributed by atoms with Gasteiger partial charge in [0.05, 0.1) is 5.69 Å². The van der Waals surface area contributed by atoms with Crippen molar-refractivity contribution < 1.29 is 0 Å². The molecule has 3 nitrogen and oxygen atoms in total. The summed E-state index contributed by atoms with van der Waals surface area (Å²) in [4.78, 5) is 0. The molecule has 0 radical (unpaired) electrons. The highest BCUT2D eigenvalue weighted by molar-refractivity contribution is 5.26. The average molecular weight is 167 g/mol. The molecular formula is C9H17N3. The number of hydrogen-bond donors (Lipinski definition) is 1. The first-order valence-electron chi connectivity index (χ1n) is 4.48. The van der Waals surface area contributed by atoms with E-state index < -0.39 is 0 Å². The Bertz CT molecular complexity index is 263. The molecule has 1 rings (SSSR count). The van der Waals surface area contributed by atoms with Crippen LogP contribution in [0.1, 0.15) is 30.8 Å². The van der Waals surface area contributed by atoms with Gasteiger partial charge in [-0.05, 0) is 12.8 Å². The Hall–Kier alpha value is -0.830. The van der Waals surface area contributed by atoms with E-state index in [1.807, 2.05) is 11.7 Å². The van der Waals surface area contributed by atoms with Crippen molar-refractivity contribution in [2.75, 3.05) is 0 Å². The highest BCUT2D eigenvalue weighted by atomic mass is 15.3. The zero-order valence-corrected chi connectivity index (χ0v) is 8.09. The molecule has 12 heavy (non-hydrogen) atoms. The molecule has 0 saturated carbocycles. The van der Waals surface area contributed by atoms with Crippen molar-refractivity contribution in [2.45, 2.75) is 33.2 Å². The van der Waals surface area contributed by atoms with Crippen LogP contribution < -0.4 is 5.73 Å². The molecule has 1 aromatic heterocycles. The summed E-state index contributed by atoms with van der Waals surface area (Å²) < 4.78 is 1.95. The van der Waals surface area contributed by atoms with E-state index >= 15 is 0 Å². The summed E-state index contributed by atoms with van der Waals surface area (Å²) in [5.74, 6) is 0. The van der Waals surface area contributed by atoms with Gasteiger partial charge in [-0.2, -0.15) is 5.10 Å². The quantitative estimate of drug-likeness (QED) is 0.730. The third-order valence-electron chi connectivity index (χ3n) is 2.23. The van der Waals surface area contributed by atoms with Crippen LogP contribution in [0.25, 0.3) is 0 Å². The lowest BCUT2D eigenvalue weighted by Gasteiger charge is -2.00. The molecule has 0 aliphatic rings. The van der Waals surface area contributed by atoms with Gasteiger partial charge in [0, 0.05) is 24.8 Å². The second-order valence-electron chi connectivity index (χ2n) is 2.91. The maximum Gasteiger partial charge on any atom is 0.0669 e. The van der Waals surface area contributed by atoms with Crippen molar-refractivity contribution in [1.82, 2.24) is 9.78 Å². The molecule has 3 heteroatoms. The van der Waals surface area contributed by atoms with Gasteiger partial charge < -0.3 is 5.73 Å². The van der Waals surface area contributed by atoms with E-state index in [1.165, 1.54) is 11.3 Å². The van der Waals surface area contributed by atoms with Gasteiger partial charge in [0.2, 0.25) is 0 Å². The van der Waals surface area contributed by atoms with E-state index in [4.69, 9.17) is 5.73 Å². The van der Waals surface area contributed by atoms with Gasteiger partial charge in [-0.25, -0.2) is 0 Å². The largest absolute Gasteiger partial charge is 0.326 e. The van der Waals surface area contributed by atoms with Gasteiger partial charge in [-0.3, -0.25) is 4.68 Å². The van der Waals surface area contributed by atoms with Crippen LogP contribution in [0.15, 0.2) is 0 Å². The number of rotatable bonds is 3. The number of nitrogens with zero attached hydrogens (tertiary/aromatic N) is 2. The van der Waals surface area contributed by atoms with Crippen LogP contribution >= 0.6 is 0 Å². The minimum Gasteiger partial charge on any atom is -0.326 e. The van der Waals surface area contributed by atoms with Crippen molar-refractivity contribution in [3.8, 4) is 0 Å².